The SMILES string of the molecule is CCCCCn1cc(C(=O)Nc2ccc(C)cc2C)nc1-c1ccc(SC(C)(C)C(=O)[O-])cc1.CCCCCn1cnc(C(=O)OC)c1.CCCCCn1cncc1C(=O)OC.[Na+]. The van der Waals surface area contributed by atoms with E-state index >= 15 is 0 Å². The summed E-state index contributed by atoms with van der Waals surface area (Å²) in [5.41, 5.74) is 5.06. The third-order valence-corrected chi connectivity index (χ3v) is 11.0. The van der Waals surface area contributed by atoms with Crippen molar-refractivity contribution in [3.8, 4) is 11.4 Å². The van der Waals surface area contributed by atoms with E-state index in [0.29, 0.717) is 17.1 Å². The number of carbonyl (C=O) groups excluding carboxylic acids is 4. The molecule has 336 valence electrons. The van der Waals surface area contributed by atoms with E-state index in [1.54, 1.807) is 32.7 Å². The molecule has 1 N–H and O–H groups in total. The Morgan fingerprint density at radius 2 is 1.37 bits per heavy atom. The van der Waals surface area contributed by atoms with Gasteiger partial charge in [0.1, 0.15) is 17.2 Å². The maximum Gasteiger partial charge on any atom is 1.00 e. The first-order valence-electron chi connectivity index (χ1n) is 21.3. The molecule has 16 heteroatoms. The molecule has 0 saturated heterocycles. The van der Waals surface area contributed by atoms with Crippen LogP contribution in [0.4, 0.5) is 5.69 Å². The molecular formula is C47H64N7NaO7S. The number of thioether (sulfide) groups is 1. The van der Waals surface area contributed by atoms with Crippen molar-refractivity contribution in [1.29, 1.82) is 0 Å². The van der Waals surface area contributed by atoms with Crippen molar-refractivity contribution in [2.24, 2.45) is 0 Å². The van der Waals surface area contributed by atoms with Gasteiger partial charge in [0.15, 0.2) is 5.69 Å². The average Bonchev–Trinajstić information content (AvgIpc) is 4.03. The van der Waals surface area contributed by atoms with Crippen molar-refractivity contribution >= 4 is 41.3 Å². The number of hydrogen-bond donors (Lipinski definition) is 1. The number of anilines is 1. The topological polar surface area (TPSA) is 175 Å². The number of aliphatic carboxylic acids is 1. The number of methoxy groups -OCH3 is 2. The number of rotatable bonds is 20. The number of nitrogens with one attached hydrogen (secondary N) is 1. The fourth-order valence-electron chi connectivity index (χ4n) is 6.15. The monoisotopic (exact) mass is 893 g/mol. The van der Waals surface area contributed by atoms with Gasteiger partial charge < -0.3 is 38.4 Å². The van der Waals surface area contributed by atoms with Crippen LogP contribution in [0.5, 0.6) is 0 Å². The van der Waals surface area contributed by atoms with Gasteiger partial charge in [-0.2, -0.15) is 0 Å². The number of carboxylic acids is 1. The molecule has 1 amide bonds. The number of aromatic nitrogens is 6. The second-order valence-electron chi connectivity index (χ2n) is 15.4. The van der Waals surface area contributed by atoms with Crippen LogP contribution in [-0.2, 0) is 33.9 Å². The van der Waals surface area contributed by atoms with Gasteiger partial charge in [-0.3, -0.25) is 4.79 Å². The summed E-state index contributed by atoms with van der Waals surface area (Å²) in [6.45, 7) is 16.2. The Balaban J connectivity index is 0.000000387. The van der Waals surface area contributed by atoms with Gasteiger partial charge in [-0.25, -0.2) is 24.5 Å². The zero-order chi connectivity index (χ0) is 45.7. The Hall–Kier alpha value is -4.70. The number of aryl methyl sites for hydroxylation is 5. The van der Waals surface area contributed by atoms with Crippen LogP contribution in [0.1, 0.15) is 135 Å². The van der Waals surface area contributed by atoms with E-state index in [-0.39, 0.29) is 47.4 Å². The molecule has 0 bridgehead atoms. The molecule has 0 aliphatic heterocycles. The predicted molar refractivity (Wildman–Crippen MR) is 242 cm³/mol. The Bertz CT molecular complexity index is 2180. The first-order valence-corrected chi connectivity index (χ1v) is 22.1. The third-order valence-electron chi connectivity index (χ3n) is 9.78. The van der Waals surface area contributed by atoms with Gasteiger partial charge in [0, 0.05) is 48.2 Å². The Kier molecular flexibility index (Phi) is 24.3. The maximum atomic E-state index is 13.0. The fourth-order valence-corrected chi connectivity index (χ4v) is 7.09. The number of carboxylic acid groups (broad SMARTS) is 1. The summed E-state index contributed by atoms with van der Waals surface area (Å²) >= 11 is 1.24. The summed E-state index contributed by atoms with van der Waals surface area (Å²) in [6.07, 6.45) is 18.5. The van der Waals surface area contributed by atoms with E-state index in [9.17, 15) is 24.3 Å². The molecule has 0 spiro atoms. The molecule has 2 aromatic carbocycles. The summed E-state index contributed by atoms with van der Waals surface area (Å²) < 4.78 is 14.0. The predicted octanol–water partition coefficient (Wildman–Crippen LogP) is 5.95. The van der Waals surface area contributed by atoms with Crippen molar-refractivity contribution < 1.29 is 63.3 Å². The number of hydrogen-bond acceptors (Lipinski definition) is 11. The summed E-state index contributed by atoms with van der Waals surface area (Å²) in [6, 6.07) is 13.5. The second kappa shape index (κ2) is 28.2. The van der Waals surface area contributed by atoms with Crippen LogP contribution in [0.3, 0.4) is 0 Å². The van der Waals surface area contributed by atoms with Crippen molar-refractivity contribution in [3.05, 3.63) is 102 Å². The van der Waals surface area contributed by atoms with Gasteiger partial charge in [-0.1, -0.05) is 89.1 Å². The number of imidazole rings is 3. The molecule has 63 heavy (non-hydrogen) atoms. The first-order chi connectivity index (χ1) is 29.7. The Labute approximate surface area is 399 Å². The number of unbranched alkanes of at least 4 members (excludes halogenated alkanes) is 6. The van der Waals surface area contributed by atoms with Crippen molar-refractivity contribution in [1.82, 2.24) is 28.7 Å². The number of benzene rings is 2. The summed E-state index contributed by atoms with van der Waals surface area (Å²) in [5.74, 6) is -1.33. The third kappa shape index (κ3) is 17.8. The van der Waals surface area contributed by atoms with E-state index < -0.39 is 10.7 Å². The Morgan fingerprint density at radius 3 is 1.94 bits per heavy atom. The van der Waals surface area contributed by atoms with Crippen molar-refractivity contribution in [2.45, 2.75) is 136 Å². The number of esters is 2. The molecule has 14 nitrogen and oxygen atoms in total. The molecule has 0 saturated carbocycles. The van der Waals surface area contributed by atoms with E-state index in [1.165, 1.54) is 57.9 Å². The molecule has 0 radical (unpaired) electrons. The summed E-state index contributed by atoms with van der Waals surface area (Å²) in [7, 11) is 2.74. The Morgan fingerprint density at radius 1 is 0.762 bits per heavy atom. The largest absolute Gasteiger partial charge is 1.00 e. The first kappa shape index (κ1) is 54.4. The molecule has 0 aliphatic carbocycles. The number of ether oxygens (including phenoxy) is 2. The van der Waals surface area contributed by atoms with Gasteiger partial charge in [0.25, 0.3) is 5.91 Å². The van der Waals surface area contributed by atoms with Crippen LogP contribution in [0.15, 0.2) is 78.6 Å². The normalized spacial score (nSPS) is 10.7. The van der Waals surface area contributed by atoms with Crippen LogP contribution >= 0.6 is 11.8 Å². The minimum Gasteiger partial charge on any atom is -0.549 e. The van der Waals surface area contributed by atoms with E-state index in [2.05, 4.69) is 50.5 Å². The number of nitrogens with zero attached hydrogens (tertiary/aromatic N) is 6. The average molecular weight is 894 g/mol. The fraction of sp³-hybridized carbons (Fsp3) is 0.468. The molecule has 0 atom stereocenters. The van der Waals surface area contributed by atoms with Gasteiger partial charge >= 0.3 is 41.5 Å². The smallest absolute Gasteiger partial charge is 0.549 e. The van der Waals surface area contributed by atoms with E-state index in [4.69, 9.17) is 0 Å². The van der Waals surface area contributed by atoms with Gasteiger partial charge in [0.2, 0.25) is 0 Å². The van der Waals surface area contributed by atoms with Crippen molar-refractivity contribution in [2.75, 3.05) is 19.5 Å². The van der Waals surface area contributed by atoms with Crippen LogP contribution in [-0.4, -0.2) is 71.4 Å². The minimum absolute atomic E-state index is 0. The molecule has 3 heterocycles. The summed E-state index contributed by atoms with van der Waals surface area (Å²) in [4.78, 5) is 60.0. The molecule has 0 aliphatic rings. The van der Waals surface area contributed by atoms with Crippen LogP contribution < -0.4 is 40.0 Å². The minimum atomic E-state index is -1.10. The van der Waals surface area contributed by atoms with Crippen LogP contribution in [0.25, 0.3) is 11.4 Å². The van der Waals surface area contributed by atoms with Crippen LogP contribution in [0, 0.1) is 13.8 Å². The molecular weight excluding hydrogens is 830 g/mol. The maximum absolute atomic E-state index is 13.0. The van der Waals surface area contributed by atoms with E-state index in [0.717, 1.165) is 84.8 Å². The molecule has 0 unspecified atom stereocenters. The van der Waals surface area contributed by atoms with Crippen molar-refractivity contribution in [3.63, 3.8) is 0 Å². The van der Waals surface area contributed by atoms with Gasteiger partial charge in [-0.15, -0.1) is 11.8 Å². The molecule has 3 aromatic heterocycles. The zero-order valence-electron chi connectivity index (χ0n) is 38.9. The molecule has 0 fully saturated rings. The second-order valence-corrected chi connectivity index (χ2v) is 17.1. The molecule has 5 rings (SSSR count). The van der Waals surface area contributed by atoms with Crippen LogP contribution in [0.2, 0.25) is 0 Å². The number of amides is 1. The van der Waals surface area contributed by atoms with Gasteiger partial charge in [-0.05, 0) is 70.7 Å². The standard InChI is InChI=1S/C27H33N3O3S.2C10H16N2O2.Na/c1-6-7-8-15-30-17-23(25(31)29-22-14-9-18(2)16-19(22)3)28-24(30)20-10-12-21(13-11-20)34-27(4,5)26(32)33;1-3-4-5-6-12-7-9(11-8-12)10(13)14-2;1-3-4-5-6-12-8-11-7-9(12)10(13)14-2;/h9-14,16-17H,6-8,15H2,1-5H3,(H,29,31)(H,32,33);2*7-8H,3-6H2,1-2H3;/q;;;+1/p-1. The quantitative estimate of drug-likeness (QED) is 0.0423. The van der Waals surface area contributed by atoms with Gasteiger partial charge in [0.05, 0.1) is 43.8 Å². The zero-order valence-corrected chi connectivity index (χ0v) is 41.7. The number of carbonyl (C=O) groups is 4. The molecule has 5 aromatic rings. The summed E-state index contributed by atoms with van der Waals surface area (Å²) in [5, 5.41) is 14.3. The van der Waals surface area contributed by atoms with E-state index in [1.807, 2.05) is 76.2 Å².